The molecule has 8 heteroatoms. The Balaban J connectivity index is 2.80. The van der Waals surface area contributed by atoms with E-state index < -0.39 is 23.9 Å². The largest absolute Gasteiger partial charge is 0.504 e. The van der Waals surface area contributed by atoms with Gasteiger partial charge in [-0.15, -0.1) is 0 Å². The normalized spacial score (nSPS) is 13.8. The van der Waals surface area contributed by atoms with Crippen molar-refractivity contribution in [2.75, 3.05) is 13.7 Å². The summed E-state index contributed by atoms with van der Waals surface area (Å²) in [6, 6.07) is 2.52. The number of methoxy groups -OCH3 is 1. The highest BCUT2D eigenvalue weighted by molar-refractivity contribution is 5.81. The van der Waals surface area contributed by atoms with Gasteiger partial charge >= 0.3 is 6.09 Å². The van der Waals surface area contributed by atoms with E-state index >= 15 is 0 Å². The maximum Gasteiger partial charge on any atom is 0.407 e. The van der Waals surface area contributed by atoms with E-state index in [2.05, 4.69) is 5.32 Å². The number of aliphatic hydroxyl groups is 2. The molecule has 2 unspecified atom stereocenters. The van der Waals surface area contributed by atoms with Gasteiger partial charge in [-0.05, 0) is 38.5 Å². The highest BCUT2D eigenvalue weighted by atomic mass is 16.6. The van der Waals surface area contributed by atoms with E-state index in [1.165, 1.54) is 19.2 Å². The average Bonchev–Trinajstić information content (AvgIpc) is 2.50. The van der Waals surface area contributed by atoms with Gasteiger partial charge in [0.05, 0.1) is 12.7 Å². The fraction of sp³-hybridized carbons (Fsp3) is 0.500. The van der Waals surface area contributed by atoms with Crippen LogP contribution in [0, 0.1) is 0 Å². The molecule has 0 spiro atoms. The monoisotopic (exact) mass is 341 g/mol. The molecular formula is C16H23NO7. The standard InChI is InChI=1S/C16H23NO7/c1-16(2,3)24-15(22)17-7-11(19)13(20)9-5-10(8-18)14(21)12(6-9)23-4/h5-6,8,11,13,19-21H,7H2,1-4H3,(H,17,22). The second kappa shape index (κ2) is 7.98. The minimum atomic E-state index is -1.41. The SMILES string of the molecule is COc1cc(C(O)C(O)CNC(=O)OC(C)(C)C)cc(C=O)c1O. The van der Waals surface area contributed by atoms with Gasteiger partial charge in [0.1, 0.15) is 17.8 Å². The number of nitrogens with one attached hydrogen (secondary N) is 1. The zero-order chi connectivity index (χ0) is 18.5. The number of aliphatic hydroxyl groups excluding tert-OH is 2. The van der Waals surface area contributed by atoms with Gasteiger partial charge in [-0.3, -0.25) is 4.79 Å². The number of hydrogen-bond acceptors (Lipinski definition) is 7. The number of phenols is 1. The fourth-order valence-electron chi connectivity index (χ4n) is 1.90. The number of amides is 1. The Hall–Kier alpha value is -2.32. The number of hydrogen-bond donors (Lipinski definition) is 4. The molecule has 1 rings (SSSR count). The molecule has 0 aliphatic heterocycles. The molecule has 0 aliphatic carbocycles. The number of ether oxygens (including phenoxy) is 2. The Morgan fingerprint density at radius 2 is 1.96 bits per heavy atom. The van der Waals surface area contributed by atoms with Crippen molar-refractivity contribution < 1.29 is 34.4 Å². The summed E-state index contributed by atoms with van der Waals surface area (Å²) in [4.78, 5) is 22.5. The smallest absolute Gasteiger partial charge is 0.407 e. The number of rotatable bonds is 6. The Labute approximate surface area is 140 Å². The minimum Gasteiger partial charge on any atom is -0.504 e. The van der Waals surface area contributed by atoms with Crippen molar-refractivity contribution in [1.29, 1.82) is 0 Å². The second-order valence-electron chi connectivity index (χ2n) is 6.17. The van der Waals surface area contributed by atoms with Crippen LogP contribution in [-0.2, 0) is 4.74 Å². The first-order chi connectivity index (χ1) is 11.1. The second-order valence-corrected chi connectivity index (χ2v) is 6.17. The van der Waals surface area contributed by atoms with Crippen molar-refractivity contribution in [2.24, 2.45) is 0 Å². The Bertz CT molecular complexity index is 595. The predicted octanol–water partition coefficient (Wildman–Crippen LogP) is 1.13. The number of aromatic hydroxyl groups is 1. The van der Waals surface area contributed by atoms with Gasteiger partial charge in [0.25, 0.3) is 0 Å². The number of phenolic OH excluding ortho intramolecular Hbond substituents is 1. The first kappa shape index (κ1) is 19.7. The van der Waals surface area contributed by atoms with Crippen LogP contribution in [0.3, 0.4) is 0 Å². The molecule has 0 fully saturated rings. The van der Waals surface area contributed by atoms with Crippen molar-refractivity contribution in [3.8, 4) is 11.5 Å². The predicted molar refractivity (Wildman–Crippen MR) is 85.2 cm³/mol. The number of benzene rings is 1. The highest BCUT2D eigenvalue weighted by Crippen LogP contribution is 2.33. The molecule has 134 valence electrons. The van der Waals surface area contributed by atoms with Gasteiger partial charge in [0.15, 0.2) is 17.8 Å². The minimum absolute atomic E-state index is 0.0130. The molecule has 24 heavy (non-hydrogen) atoms. The molecule has 1 aromatic rings. The van der Waals surface area contributed by atoms with E-state index in [1.54, 1.807) is 20.8 Å². The summed E-state index contributed by atoms with van der Waals surface area (Å²) in [5.74, 6) is -0.370. The molecule has 8 nitrogen and oxygen atoms in total. The number of carbonyl (C=O) groups is 2. The zero-order valence-electron chi connectivity index (χ0n) is 14.1. The fourth-order valence-corrected chi connectivity index (χ4v) is 1.90. The van der Waals surface area contributed by atoms with E-state index in [9.17, 15) is 24.9 Å². The molecule has 0 saturated heterocycles. The molecule has 0 saturated carbocycles. The van der Waals surface area contributed by atoms with E-state index in [4.69, 9.17) is 9.47 Å². The van der Waals surface area contributed by atoms with E-state index in [1.807, 2.05) is 0 Å². The highest BCUT2D eigenvalue weighted by Gasteiger charge is 2.23. The maximum absolute atomic E-state index is 11.5. The van der Waals surface area contributed by atoms with Gasteiger partial charge in [-0.2, -0.15) is 0 Å². The lowest BCUT2D eigenvalue weighted by molar-refractivity contribution is 0.0128. The molecule has 4 N–H and O–H groups in total. The number of carbonyl (C=O) groups excluding carboxylic acids is 2. The summed E-state index contributed by atoms with van der Waals surface area (Å²) >= 11 is 0. The van der Waals surface area contributed by atoms with Crippen LogP contribution < -0.4 is 10.1 Å². The van der Waals surface area contributed by atoms with Gasteiger partial charge in [-0.25, -0.2) is 4.79 Å². The van der Waals surface area contributed by atoms with Gasteiger partial charge in [0.2, 0.25) is 0 Å². The first-order valence-electron chi connectivity index (χ1n) is 7.28. The summed E-state index contributed by atoms with van der Waals surface area (Å²) in [6.07, 6.45) is -3.09. The summed E-state index contributed by atoms with van der Waals surface area (Å²) < 4.78 is 9.94. The Morgan fingerprint density at radius 3 is 2.46 bits per heavy atom. The average molecular weight is 341 g/mol. The molecule has 1 amide bonds. The van der Waals surface area contributed by atoms with E-state index in [0.717, 1.165) is 0 Å². The van der Waals surface area contributed by atoms with Crippen LogP contribution in [0.4, 0.5) is 4.79 Å². The lowest BCUT2D eigenvalue weighted by Gasteiger charge is -2.22. The molecule has 0 bridgehead atoms. The van der Waals surface area contributed by atoms with Crippen LogP contribution in [0.15, 0.2) is 12.1 Å². The molecule has 2 atom stereocenters. The number of alkyl carbamates (subject to hydrolysis) is 1. The van der Waals surface area contributed by atoms with E-state index in [-0.39, 0.29) is 29.2 Å². The van der Waals surface area contributed by atoms with Crippen molar-refractivity contribution in [1.82, 2.24) is 5.32 Å². The van der Waals surface area contributed by atoms with Gasteiger partial charge in [0, 0.05) is 6.54 Å². The maximum atomic E-state index is 11.5. The molecule has 0 aromatic heterocycles. The van der Waals surface area contributed by atoms with Gasteiger partial charge < -0.3 is 30.1 Å². The summed E-state index contributed by atoms with van der Waals surface area (Å²) in [6.45, 7) is 4.82. The van der Waals surface area contributed by atoms with Crippen LogP contribution in [0.2, 0.25) is 0 Å². The topological polar surface area (TPSA) is 125 Å². The van der Waals surface area contributed by atoms with Crippen LogP contribution in [0.5, 0.6) is 11.5 Å². The Kier molecular flexibility index (Phi) is 6.56. The van der Waals surface area contributed by atoms with Gasteiger partial charge in [-0.1, -0.05) is 0 Å². The molecular weight excluding hydrogens is 318 g/mol. The molecule has 0 aliphatic rings. The lowest BCUT2D eigenvalue weighted by atomic mass is 10.0. The van der Waals surface area contributed by atoms with Crippen molar-refractivity contribution in [3.63, 3.8) is 0 Å². The van der Waals surface area contributed by atoms with Crippen molar-refractivity contribution in [3.05, 3.63) is 23.3 Å². The van der Waals surface area contributed by atoms with Crippen LogP contribution in [-0.4, -0.2) is 53.1 Å². The van der Waals surface area contributed by atoms with Crippen LogP contribution in [0.1, 0.15) is 42.8 Å². The molecule has 0 radical (unpaired) electrons. The molecule has 1 aromatic carbocycles. The summed E-state index contributed by atoms with van der Waals surface area (Å²) in [5.41, 5.74) is -0.613. The zero-order valence-corrected chi connectivity index (χ0v) is 14.1. The summed E-state index contributed by atoms with van der Waals surface area (Å²) in [5, 5.41) is 32.3. The summed E-state index contributed by atoms with van der Waals surface area (Å²) in [7, 11) is 1.29. The van der Waals surface area contributed by atoms with E-state index in [0.29, 0.717) is 6.29 Å². The Morgan fingerprint density at radius 1 is 1.33 bits per heavy atom. The van der Waals surface area contributed by atoms with Crippen molar-refractivity contribution in [2.45, 2.75) is 38.6 Å². The lowest BCUT2D eigenvalue weighted by Crippen LogP contribution is -2.38. The quantitative estimate of drug-likeness (QED) is 0.572. The third-order valence-corrected chi connectivity index (χ3v) is 3.03. The first-order valence-corrected chi connectivity index (χ1v) is 7.28. The third-order valence-electron chi connectivity index (χ3n) is 3.03. The number of aldehydes is 1. The third kappa shape index (κ3) is 5.39. The van der Waals surface area contributed by atoms with Crippen LogP contribution >= 0.6 is 0 Å². The molecule has 0 heterocycles. The van der Waals surface area contributed by atoms with Crippen molar-refractivity contribution >= 4 is 12.4 Å². The van der Waals surface area contributed by atoms with Crippen LogP contribution in [0.25, 0.3) is 0 Å².